The van der Waals surface area contributed by atoms with E-state index in [1.165, 1.54) is 12.8 Å². The zero-order valence-corrected chi connectivity index (χ0v) is 7.86. The van der Waals surface area contributed by atoms with Crippen molar-refractivity contribution >= 4 is 11.0 Å². The van der Waals surface area contributed by atoms with E-state index in [2.05, 4.69) is 11.2 Å². The summed E-state index contributed by atoms with van der Waals surface area (Å²) in [6.45, 7) is 0.511. The van der Waals surface area contributed by atoms with Crippen molar-refractivity contribution < 1.29 is 4.52 Å². The quantitative estimate of drug-likeness (QED) is 0.785. The van der Waals surface area contributed by atoms with Crippen LogP contribution in [-0.2, 0) is 6.54 Å². The first kappa shape index (κ1) is 8.00. The second kappa shape index (κ2) is 2.82. The van der Waals surface area contributed by atoms with E-state index >= 15 is 0 Å². The van der Waals surface area contributed by atoms with Gasteiger partial charge < -0.3 is 10.3 Å². The summed E-state index contributed by atoms with van der Waals surface area (Å²) < 4.78 is 5.34. The molecular formula is C11H12N2O. The molecule has 3 nitrogen and oxygen atoms in total. The smallest absolute Gasteiger partial charge is 0.171 e. The number of benzene rings is 1. The fourth-order valence-corrected chi connectivity index (χ4v) is 1.85. The highest BCUT2D eigenvalue weighted by Gasteiger charge is 2.29. The molecule has 2 aromatic rings. The van der Waals surface area contributed by atoms with E-state index in [0.717, 1.165) is 22.2 Å². The summed E-state index contributed by atoms with van der Waals surface area (Å²) in [4.78, 5) is 0. The molecule has 0 radical (unpaired) electrons. The average molecular weight is 188 g/mol. The van der Waals surface area contributed by atoms with E-state index in [1.807, 2.05) is 12.1 Å². The Morgan fingerprint density at radius 3 is 3.00 bits per heavy atom. The van der Waals surface area contributed by atoms with Gasteiger partial charge in [0.05, 0.1) is 5.69 Å². The molecular weight excluding hydrogens is 176 g/mol. The number of para-hydroxylation sites is 1. The number of fused-ring (bicyclic) bond motifs is 1. The molecule has 1 aromatic heterocycles. The molecule has 1 aromatic carbocycles. The molecule has 1 fully saturated rings. The van der Waals surface area contributed by atoms with Crippen molar-refractivity contribution in [1.29, 1.82) is 0 Å². The molecule has 0 aliphatic heterocycles. The van der Waals surface area contributed by atoms with E-state index < -0.39 is 0 Å². The lowest BCUT2D eigenvalue weighted by molar-refractivity contribution is 0.444. The van der Waals surface area contributed by atoms with Gasteiger partial charge in [-0.2, -0.15) is 0 Å². The zero-order chi connectivity index (χ0) is 9.54. The van der Waals surface area contributed by atoms with Crippen LogP contribution in [0.1, 0.15) is 30.0 Å². The maximum Gasteiger partial charge on any atom is 0.171 e. The van der Waals surface area contributed by atoms with Gasteiger partial charge in [-0.15, -0.1) is 0 Å². The van der Waals surface area contributed by atoms with Gasteiger partial charge in [-0.05, 0) is 18.9 Å². The first-order valence-corrected chi connectivity index (χ1v) is 4.97. The third kappa shape index (κ3) is 1.06. The molecule has 1 aliphatic carbocycles. The Morgan fingerprint density at radius 1 is 1.43 bits per heavy atom. The first-order chi connectivity index (χ1) is 6.90. The van der Waals surface area contributed by atoms with Crippen LogP contribution in [0.5, 0.6) is 0 Å². The molecule has 0 unspecified atom stereocenters. The van der Waals surface area contributed by atoms with Crippen LogP contribution in [0.4, 0.5) is 0 Å². The van der Waals surface area contributed by atoms with Gasteiger partial charge in [0.15, 0.2) is 5.58 Å². The molecule has 0 atom stereocenters. The van der Waals surface area contributed by atoms with Gasteiger partial charge >= 0.3 is 0 Å². The van der Waals surface area contributed by atoms with Crippen molar-refractivity contribution in [3.63, 3.8) is 0 Å². The van der Waals surface area contributed by atoms with Crippen LogP contribution >= 0.6 is 0 Å². The van der Waals surface area contributed by atoms with Gasteiger partial charge in [0.2, 0.25) is 0 Å². The number of aromatic nitrogens is 1. The Hall–Kier alpha value is -1.35. The van der Waals surface area contributed by atoms with E-state index in [1.54, 1.807) is 0 Å². The summed E-state index contributed by atoms with van der Waals surface area (Å²) in [7, 11) is 0. The highest BCUT2D eigenvalue weighted by atomic mass is 16.5. The molecule has 1 saturated carbocycles. The molecule has 1 heterocycles. The number of rotatable bonds is 2. The van der Waals surface area contributed by atoms with Gasteiger partial charge in [-0.3, -0.25) is 0 Å². The summed E-state index contributed by atoms with van der Waals surface area (Å²) >= 11 is 0. The van der Waals surface area contributed by atoms with Crippen molar-refractivity contribution in [2.45, 2.75) is 25.3 Å². The molecule has 0 spiro atoms. The lowest BCUT2D eigenvalue weighted by Gasteiger charge is -1.95. The van der Waals surface area contributed by atoms with Crippen LogP contribution in [0.2, 0.25) is 0 Å². The SMILES string of the molecule is NCc1cccc2c(C3CC3)noc12. The van der Waals surface area contributed by atoms with Crippen molar-refractivity contribution in [2.75, 3.05) is 0 Å². The summed E-state index contributed by atoms with van der Waals surface area (Å²) in [6.07, 6.45) is 2.49. The van der Waals surface area contributed by atoms with Crippen LogP contribution in [0, 0.1) is 0 Å². The zero-order valence-electron chi connectivity index (χ0n) is 7.86. The maximum absolute atomic E-state index is 5.63. The minimum atomic E-state index is 0.511. The summed E-state index contributed by atoms with van der Waals surface area (Å²) in [5.74, 6) is 0.629. The number of hydrogen-bond donors (Lipinski definition) is 1. The van der Waals surface area contributed by atoms with Crippen molar-refractivity contribution in [3.8, 4) is 0 Å². The van der Waals surface area contributed by atoms with E-state index in [4.69, 9.17) is 10.3 Å². The van der Waals surface area contributed by atoms with Gasteiger partial charge in [-0.25, -0.2) is 0 Å². The average Bonchev–Trinajstić information content (AvgIpc) is 2.97. The Bertz CT molecular complexity index is 471. The van der Waals surface area contributed by atoms with Gasteiger partial charge in [0.25, 0.3) is 0 Å². The van der Waals surface area contributed by atoms with Crippen LogP contribution in [0.25, 0.3) is 11.0 Å². The Kier molecular flexibility index (Phi) is 1.61. The fourth-order valence-electron chi connectivity index (χ4n) is 1.85. The summed E-state index contributed by atoms with van der Waals surface area (Å²) in [6, 6.07) is 6.08. The molecule has 3 rings (SSSR count). The van der Waals surface area contributed by atoms with Gasteiger partial charge in [-0.1, -0.05) is 17.3 Å². The lowest BCUT2D eigenvalue weighted by Crippen LogP contribution is -1.95. The highest BCUT2D eigenvalue weighted by Crippen LogP contribution is 2.42. The third-order valence-corrected chi connectivity index (χ3v) is 2.79. The van der Waals surface area contributed by atoms with Crippen LogP contribution in [-0.4, -0.2) is 5.16 Å². The molecule has 0 amide bonds. The Morgan fingerprint density at radius 2 is 2.29 bits per heavy atom. The fraction of sp³-hybridized carbons (Fsp3) is 0.364. The monoisotopic (exact) mass is 188 g/mol. The molecule has 0 bridgehead atoms. The maximum atomic E-state index is 5.63. The van der Waals surface area contributed by atoms with Crippen LogP contribution < -0.4 is 5.73 Å². The molecule has 14 heavy (non-hydrogen) atoms. The predicted octanol–water partition coefficient (Wildman–Crippen LogP) is 2.16. The molecule has 0 saturated heterocycles. The predicted molar refractivity (Wildman–Crippen MR) is 53.9 cm³/mol. The van der Waals surface area contributed by atoms with Gasteiger partial charge in [0, 0.05) is 23.4 Å². The standard InChI is InChI=1S/C11H12N2O/c12-6-8-2-1-3-9-10(7-4-5-7)13-14-11(8)9/h1-3,7H,4-6,12H2. The molecule has 2 N–H and O–H groups in total. The summed E-state index contributed by atoms with van der Waals surface area (Å²) in [5, 5.41) is 5.28. The number of nitrogens with zero attached hydrogens (tertiary/aromatic N) is 1. The second-order valence-corrected chi connectivity index (χ2v) is 3.84. The largest absolute Gasteiger partial charge is 0.356 e. The molecule has 1 aliphatic rings. The normalized spacial score (nSPS) is 16.4. The minimum absolute atomic E-state index is 0.511. The van der Waals surface area contributed by atoms with Crippen LogP contribution in [0.15, 0.2) is 22.7 Å². The van der Waals surface area contributed by atoms with E-state index in [-0.39, 0.29) is 0 Å². The Balaban J connectivity index is 2.25. The van der Waals surface area contributed by atoms with Crippen molar-refractivity contribution in [1.82, 2.24) is 5.16 Å². The third-order valence-electron chi connectivity index (χ3n) is 2.79. The molecule has 3 heteroatoms. The van der Waals surface area contributed by atoms with Crippen molar-refractivity contribution in [2.24, 2.45) is 5.73 Å². The Labute approximate surface area is 81.9 Å². The van der Waals surface area contributed by atoms with Crippen LogP contribution in [0.3, 0.4) is 0 Å². The lowest BCUT2D eigenvalue weighted by atomic mass is 10.1. The topological polar surface area (TPSA) is 52.0 Å². The highest BCUT2D eigenvalue weighted by molar-refractivity contribution is 5.83. The number of nitrogens with two attached hydrogens (primary N) is 1. The minimum Gasteiger partial charge on any atom is -0.356 e. The number of hydrogen-bond acceptors (Lipinski definition) is 3. The van der Waals surface area contributed by atoms with E-state index in [9.17, 15) is 0 Å². The second-order valence-electron chi connectivity index (χ2n) is 3.84. The first-order valence-electron chi connectivity index (χ1n) is 4.97. The van der Waals surface area contributed by atoms with Gasteiger partial charge in [0.1, 0.15) is 0 Å². The van der Waals surface area contributed by atoms with Crippen molar-refractivity contribution in [3.05, 3.63) is 29.5 Å². The molecule has 72 valence electrons. The van der Waals surface area contributed by atoms with E-state index in [0.29, 0.717) is 12.5 Å². The summed E-state index contributed by atoms with van der Waals surface area (Å²) in [5.41, 5.74) is 8.67.